The summed E-state index contributed by atoms with van der Waals surface area (Å²) < 4.78 is 1.06. The molecule has 0 saturated carbocycles. The van der Waals surface area contributed by atoms with Crippen LogP contribution >= 0.6 is 39.1 Å². The summed E-state index contributed by atoms with van der Waals surface area (Å²) in [7, 11) is 0. The van der Waals surface area contributed by atoms with Gasteiger partial charge in [0, 0.05) is 23.2 Å². The van der Waals surface area contributed by atoms with Crippen molar-refractivity contribution in [2.24, 2.45) is 4.99 Å². The van der Waals surface area contributed by atoms with E-state index in [0.29, 0.717) is 28.2 Å². The monoisotopic (exact) mass is 412 g/mol. The first-order valence-electron chi connectivity index (χ1n) is 7.14. The van der Waals surface area contributed by atoms with Gasteiger partial charge < -0.3 is 16.0 Å². The number of rotatable bonds is 4. The molecular formula is C16H15BrCl2N4. The third-order valence-electron chi connectivity index (χ3n) is 3.37. The molecule has 1 aliphatic rings. The average Bonchev–Trinajstić information content (AvgIpc) is 3.03. The normalized spacial score (nSPS) is 13.4. The number of hydrogen-bond donors (Lipinski definition) is 3. The van der Waals surface area contributed by atoms with Crippen LogP contribution in [0.4, 0.5) is 11.4 Å². The molecule has 2 aromatic rings. The van der Waals surface area contributed by atoms with E-state index >= 15 is 0 Å². The number of hydrogen-bond acceptors (Lipinski definition) is 4. The van der Waals surface area contributed by atoms with Crippen molar-refractivity contribution >= 4 is 56.5 Å². The van der Waals surface area contributed by atoms with Crippen molar-refractivity contribution in [2.45, 2.75) is 6.54 Å². The maximum atomic E-state index is 6.34. The summed E-state index contributed by atoms with van der Waals surface area (Å²) in [5.41, 5.74) is 2.71. The van der Waals surface area contributed by atoms with Crippen molar-refractivity contribution in [3.63, 3.8) is 0 Å². The second kappa shape index (κ2) is 7.43. The number of anilines is 2. The lowest BCUT2D eigenvalue weighted by molar-refractivity contribution is 0.959. The largest absolute Gasteiger partial charge is 0.381 e. The molecule has 4 nitrogen and oxygen atoms in total. The second-order valence-corrected chi connectivity index (χ2v) is 6.81. The fourth-order valence-electron chi connectivity index (χ4n) is 2.20. The Hall–Kier alpha value is -1.43. The molecule has 2 aromatic carbocycles. The SMILES string of the molecule is Clc1cc(NCc2ccc(Br)cc2)cc(Cl)c1NC1=NCCN1. The molecule has 1 aliphatic heterocycles. The highest BCUT2D eigenvalue weighted by atomic mass is 79.9. The van der Waals surface area contributed by atoms with Crippen LogP contribution in [0.15, 0.2) is 45.9 Å². The number of guanidine groups is 1. The van der Waals surface area contributed by atoms with Gasteiger partial charge in [0.05, 0.1) is 22.3 Å². The molecule has 0 radical (unpaired) electrons. The molecule has 120 valence electrons. The Morgan fingerprint density at radius 2 is 1.83 bits per heavy atom. The molecule has 0 aliphatic carbocycles. The van der Waals surface area contributed by atoms with Gasteiger partial charge in [0.1, 0.15) is 0 Å². The van der Waals surface area contributed by atoms with Crippen LogP contribution in [0.2, 0.25) is 10.0 Å². The van der Waals surface area contributed by atoms with Crippen LogP contribution in [0.1, 0.15) is 5.56 Å². The predicted molar refractivity (Wildman–Crippen MR) is 102 cm³/mol. The number of aliphatic imine (C=N–C) groups is 1. The Bertz CT molecular complexity index is 708. The maximum absolute atomic E-state index is 6.34. The van der Waals surface area contributed by atoms with E-state index in [0.717, 1.165) is 23.2 Å². The van der Waals surface area contributed by atoms with Crippen molar-refractivity contribution in [2.75, 3.05) is 23.7 Å². The van der Waals surface area contributed by atoms with Gasteiger partial charge in [-0.3, -0.25) is 4.99 Å². The highest BCUT2D eigenvalue weighted by molar-refractivity contribution is 9.10. The number of nitrogens with zero attached hydrogens (tertiary/aromatic N) is 1. The predicted octanol–water partition coefficient (Wildman–Crippen LogP) is 4.74. The van der Waals surface area contributed by atoms with Crippen LogP contribution in [0.3, 0.4) is 0 Å². The van der Waals surface area contributed by atoms with Crippen LogP contribution in [0.25, 0.3) is 0 Å². The van der Waals surface area contributed by atoms with Crippen LogP contribution in [-0.2, 0) is 6.54 Å². The first-order chi connectivity index (χ1) is 11.1. The highest BCUT2D eigenvalue weighted by Gasteiger charge is 2.12. The maximum Gasteiger partial charge on any atom is 0.196 e. The van der Waals surface area contributed by atoms with E-state index in [1.165, 1.54) is 5.56 Å². The van der Waals surface area contributed by atoms with Crippen LogP contribution in [0, 0.1) is 0 Å². The molecule has 0 bridgehead atoms. The van der Waals surface area contributed by atoms with Gasteiger partial charge in [0.2, 0.25) is 0 Å². The third kappa shape index (κ3) is 4.31. The summed E-state index contributed by atoms with van der Waals surface area (Å²) >= 11 is 16.1. The fourth-order valence-corrected chi connectivity index (χ4v) is 3.05. The molecule has 0 amide bonds. The lowest BCUT2D eigenvalue weighted by atomic mass is 10.2. The zero-order valence-electron chi connectivity index (χ0n) is 12.2. The quantitative estimate of drug-likeness (QED) is 0.678. The van der Waals surface area contributed by atoms with Gasteiger partial charge in [-0.05, 0) is 29.8 Å². The van der Waals surface area contributed by atoms with Crippen LogP contribution in [-0.4, -0.2) is 19.0 Å². The van der Waals surface area contributed by atoms with E-state index in [4.69, 9.17) is 23.2 Å². The average molecular weight is 414 g/mol. The van der Waals surface area contributed by atoms with Gasteiger partial charge in [-0.15, -0.1) is 0 Å². The van der Waals surface area contributed by atoms with E-state index in [1.54, 1.807) is 0 Å². The number of nitrogens with one attached hydrogen (secondary N) is 3. The summed E-state index contributed by atoms with van der Waals surface area (Å²) in [5, 5.41) is 10.7. The van der Waals surface area contributed by atoms with Crippen molar-refractivity contribution in [1.29, 1.82) is 0 Å². The Morgan fingerprint density at radius 1 is 1.13 bits per heavy atom. The first kappa shape index (κ1) is 16.4. The standard InChI is InChI=1S/C16H15BrCl2N4/c17-11-3-1-10(2-4-11)9-22-12-7-13(18)15(14(19)8-12)23-16-20-5-6-21-16/h1-4,7-8,22H,5-6,9H2,(H2,20,21,23). The summed E-state index contributed by atoms with van der Waals surface area (Å²) in [6.45, 7) is 2.27. The Morgan fingerprint density at radius 3 is 2.43 bits per heavy atom. The Labute approximate surface area is 153 Å². The Balaban J connectivity index is 1.70. The molecule has 0 saturated heterocycles. The summed E-state index contributed by atoms with van der Waals surface area (Å²) in [5.74, 6) is 0.698. The molecule has 3 rings (SSSR count). The lowest BCUT2D eigenvalue weighted by Crippen LogP contribution is -2.26. The van der Waals surface area contributed by atoms with Crippen molar-refractivity contribution < 1.29 is 0 Å². The topological polar surface area (TPSA) is 48.5 Å². The minimum atomic E-state index is 0.548. The van der Waals surface area contributed by atoms with Gasteiger partial charge >= 0.3 is 0 Å². The smallest absolute Gasteiger partial charge is 0.196 e. The molecule has 0 spiro atoms. The fraction of sp³-hybridized carbons (Fsp3) is 0.188. The molecule has 0 atom stereocenters. The molecule has 23 heavy (non-hydrogen) atoms. The summed E-state index contributed by atoms with van der Waals surface area (Å²) in [6.07, 6.45) is 0. The molecule has 0 fully saturated rings. The Kier molecular flexibility index (Phi) is 5.30. The van der Waals surface area contributed by atoms with Gasteiger partial charge in [0.25, 0.3) is 0 Å². The van der Waals surface area contributed by atoms with E-state index < -0.39 is 0 Å². The zero-order chi connectivity index (χ0) is 16.2. The first-order valence-corrected chi connectivity index (χ1v) is 8.69. The summed E-state index contributed by atoms with van der Waals surface area (Å²) in [6, 6.07) is 11.8. The van der Waals surface area contributed by atoms with Crippen molar-refractivity contribution in [3.8, 4) is 0 Å². The van der Waals surface area contributed by atoms with Crippen molar-refractivity contribution in [3.05, 3.63) is 56.5 Å². The van der Waals surface area contributed by atoms with Gasteiger partial charge in [-0.2, -0.15) is 0 Å². The van der Waals surface area contributed by atoms with E-state index in [-0.39, 0.29) is 0 Å². The summed E-state index contributed by atoms with van der Waals surface area (Å²) in [4.78, 5) is 4.28. The highest BCUT2D eigenvalue weighted by Crippen LogP contribution is 2.34. The third-order valence-corrected chi connectivity index (χ3v) is 4.49. The molecule has 0 unspecified atom stereocenters. The van der Waals surface area contributed by atoms with E-state index in [1.807, 2.05) is 24.3 Å². The number of benzene rings is 2. The minimum Gasteiger partial charge on any atom is -0.381 e. The minimum absolute atomic E-state index is 0.548. The molecule has 7 heteroatoms. The molecule has 1 heterocycles. The van der Waals surface area contributed by atoms with Crippen LogP contribution < -0.4 is 16.0 Å². The molecule has 0 aromatic heterocycles. The molecule has 3 N–H and O–H groups in total. The van der Waals surface area contributed by atoms with Gasteiger partial charge in [0.15, 0.2) is 5.96 Å². The lowest BCUT2D eigenvalue weighted by Gasteiger charge is -2.13. The molecular weight excluding hydrogens is 399 g/mol. The van der Waals surface area contributed by atoms with E-state index in [9.17, 15) is 0 Å². The zero-order valence-corrected chi connectivity index (χ0v) is 15.3. The number of halogens is 3. The van der Waals surface area contributed by atoms with Crippen molar-refractivity contribution in [1.82, 2.24) is 5.32 Å². The second-order valence-electron chi connectivity index (χ2n) is 5.08. The van der Waals surface area contributed by atoms with E-state index in [2.05, 4.69) is 49.0 Å². The van der Waals surface area contributed by atoms with Crippen LogP contribution in [0.5, 0.6) is 0 Å². The van der Waals surface area contributed by atoms with Gasteiger partial charge in [-0.1, -0.05) is 51.3 Å². The van der Waals surface area contributed by atoms with Gasteiger partial charge in [-0.25, -0.2) is 0 Å².